The van der Waals surface area contributed by atoms with Crippen molar-refractivity contribution in [2.24, 2.45) is 0 Å². The van der Waals surface area contributed by atoms with Gasteiger partial charge in [0, 0.05) is 11.7 Å². The number of nitrogens with zero attached hydrogens (tertiary/aromatic N) is 1. The molecule has 0 spiro atoms. The molecule has 1 aliphatic carbocycles. The van der Waals surface area contributed by atoms with Crippen molar-refractivity contribution in [2.75, 3.05) is 11.9 Å². The number of hydrogen-bond donors (Lipinski definition) is 1. The molecule has 1 amide bonds. The summed E-state index contributed by atoms with van der Waals surface area (Å²) in [5.74, 6) is -0.307. The Balaban J connectivity index is 1.85. The molecule has 0 heterocycles. The maximum atomic E-state index is 13.3. The van der Waals surface area contributed by atoms with Crippen LogP contribution in [0.2, 0.25) is 0 Å². The largest absolute Gasteiger partial charge is 0.325 e. The number of hydrogen-bond acceptors (Lipinski definition) is 3. The van der Waals surface area contributed by atoms with Crippen molar-refractivity contribution in [2.45, 2.75) is 56.9 Å². The lowest BCUT2D eigenvalue weighted by atomic mass is 9.95. The van der Waals surface area contributed by atoms with E-state index in [1.807, 2.05) is 32.0 Å². The van der Waals surface area contributed by atoms with Crippen LogP contribution in [0.1, 0.15) is 43.2 Å². The molecular formula is C22H28N2O3S. The van der Waals surface area contributed by atoms with E-state index in [1.165, 1.54) is 4.31 Å². The molecule has 0 aliphatic heterocycles. The molecular weight excluding hydrogens is 372 g/mol. The molecule has 0 atom stereocenters. The van der Waals surface area contributed by atoms with Crippen LogP contribution in [-0.4, -0.2) is 31.2 Å². The van der Waals surface area contributed by atoms with E-state index in [1.54, 1.807) is 30.3 Å². The minimum atomic E-state index is -3.73. The molecule has 0 bridgehead atoms. The molecule has 5 nitrogen and oxygen atoms in total. The smallest absolute Gasteiger partial charge is 0.243 e. The van der Waals surface area contributed by atoms with E-state index in [4.69, 9.17) is 0 Å². The Morgan fingerprint density at radius 1 is 1.04 bits per heavy atom. The summed E-state index contributed by atoms with van der Waals surface area (Å²) >= 11 is 0. The number of carbonyl (C=O) groups is 1. The zero-order valence-corrected chi connectivity index (χ0v) is 17.3. The number of nitrogens with one attached hydrogen (secondary N) is 1. The summed E-state index contributed by atoms with van der Waals surface area (Å²) in [5.41, 5.74) is 2.72. The van der Waals surface area contributed by atoms with Crippen LogP contribution in [-0.2, 0) is 14.8 Å². The van der Waals surface area contributed by atoms with Gasteiger partial charge in [-0.3, -0.25) is 4.79 Å². The van der Waals surface area contributed by atoms with E-state index in [2.05, 4.69) is 5.32 Å². The van der Waals surface area contributed by atoms with E-state index in [-0.39, 0.29) is 23.4 Å². The third-order valence-corrected chi connectivity index (χ3v) is 7.21. The van der Waals surface area contributed by atoms with Gasteiger partial charge in [-0.1, -0.05) is 49.6 Å². The molecule has 1 N–H and O–H groups in total. The van der Waals surface area contributed by atoms with E-state index in [9.17, 15) is 13.2 Å². The molecule has 0 saturated heterocycles. The van der Waals surface area contributed by atoms with Crippen LogP contribution in [0, 0.1) is 13.8 Å². The third kappa shape index (κ3) is 4.80. The standard InChI is InChI=1S/C22H28N2O3S/c1-17-13-14-18(2)21(15-17)23-22(25)16-24(19-9-5-3-6-10-19)28(26,27)20-11-7-4-8-12-20/h4,7-8,11-15,19H,3,5-6,9-10,16H2,1-2H3,(H,23,25). The van der Waals surface area contributed by atoms with Gasteiger partial charge in [0.25, 0.3) is 0 Å². The Morgan fingerprint density at radius 2 is 1.71 bits per heavy atom. The van der Waals surface area contributed by atoms with Crippen LogP contribution in [0.15, 0.2) is 53.4 Å². The number of aryl methyl sites for hydroxylation is 2. The Labute approximate surface area is 167 Å². The van der Waals surface area contributed by atoms with E-state index in [0.29, 0.717) is 0 Å². The Kier molecular flexibility index (Phi) is 6.52. The molecule has 1 fully saturated rings. The van der Waals surface area contributed by atoms with Crippen LogP contribution < -0.4 is 5.32 Å². The molecule has 2 aromatic rings. The Hall–Kier alpha value is -2.18. The fourth-order valence-electron chi connectivity index (χ4n) is 3.71. The average Bonchev–Trinajstić information content (AvgIpc) is 2.70. The van der Waals surface area contributed by atoms with Crippen LogP contribution in [0.4, 0.5) is 5.69 Å². The van der Waals surface area contributed by atoms with Crippen LogP contribution in [0.25, 0.3) is 0 Å². The highest BCUT2D eigenvalue weighted by atomic mass is 32.2. The first-order chi connectivity index (χ1) is 13.4. The van der Waals surface area contributed by atoms with E-state index < -0.39 is 10.0 Å². The van der Waals surface area contributed by atoms with Crippen LogP contribution in [0.3, 0.4) is 0 Å². The normalized spacial score (nSPS) is 15.5. The maximum absolute atomic E-state index is 13.3. The van der Waals surface area contributed by atoms with E-state index in [0.717, 1.165) is 48.9 Å². The Morgan fingerprint density at radius 3 is 2.39 bits per heavy atom. The number of sulfonamides is 1. The van der Waals surface area contributed by atoms with Gasteiger partial charge in [0.2, 0.25) is 15.9 Å². The predicted octanol–water partition coefficient (Wildman–Crippen LogP) is 4.27. The third-order valence-electron chi connectivity index (χ3n) is 5.30. The van der Waals surface area contributed by atoms with Crippen molar-refractivity contribution in [3.63, 3.8) is 0 Å². The van der Waals surface area contributed by atoms with Crippen molar-refractivity contribution in [3.05, 3.63) is 59.7 Å². The Bertz CT molecular complexity index is 920. The topological polar surface area (TPSA) is 66.5 Å². The number of rotatable bonds is 6. The zero-order chi connectivity index (χ0) is 20.1. The number of carbonyl (C=O) groups excluding carboxylic acids is 1. The van der Waals surface area contributed by atoms with Crippen molar-refractivity contribution >= 4 is 21.6 Å². The molecule has 28 heavy (non-hydrogen) atoms. The fourth-order valence-corrected chi connectivity index (χ4v) is 5.37. The van der Waals surface area contributed by atoms with Crippen molar-refractivity contribution in [3.8, 4) is 0 Å². The quantitative estimate of drug-likeness (QED) is 0.788. The van der Waals surface area contributed by atoms with Gasteiger partial charge in [0.15, 0.2) is 0 Å². The van der Waals surface area contributed by atoms with Crippen LogP contribution in [0.5, 0.6) is 0 Å². The van der Waals surface area contributed by atoms with Gasteiger partial charge in [0.05, 0.1) is 11.4 Å². The minimum Gasteiger partial charge on any atom is -0.325 e. The first-order valence-corrected chi connectivity index (χ1v) is 11.3. The monoisotopic (exact) mass is 400 g/mol. The molecule has 2 aromatic carbocycles. The van der Waals surface area contributed by atoms with Gasteiger partial charge in [0.1, 0.15) is 0 Å². The summed E-state index contributed by atoms with van der Waals surface area (Å²) < 4.78 is 28.0. The number of amides is 1. The highest BCUT2D eigenvalue weighted by molar-refractivity contribution is 7.89. The first-order valence-electron chi connectivity index (χ1n) is 9.82. The van der Waals surface area contributed by atoms with Crippen molar-refractivity contribution < 1.29 is 13.2 Å². The molecule has 0 radical (unpaired) electrons. The molecule has 1 aliphatic rings. The second-order valence-electron chi connectivity index (χ2n) is 7.52. The summed E-state index contributed by atoms with van der Waals surface area (Å²) in [4.78, 5) is 13.0. The number of benzene rings is 2. The van der Waals surface area contributed by atoms with Gasteiger partial charge < -0.3 is 5.32 Å². The average molecular weight is 401 g/mol. The van der Waals surface area contributed by atoms with Crippen molar-refractivity contribution in [1.29, 1.82) is 0 Å². The minimum absolute atomic E-state index is 0.136. The summed E-state index contributed by atoms with van der Waals surface area (Å²) in [7, 11) is -3.73. The molecule has 0 unspecified atom stereocenters. The lowest BCUT2D eigenvalue weighted by Crippen LogP contribution is -2.45. The van der Waals surface area contributed by atoms with Gasteiger partial charge in [-0.05, 0) is 56.0 Å². The molecule has 150 valence electrons. The lowest BCUT2D eigenvalue weighted by Gasteiger charge is -2.33. The predicted molar refractivity (Wildman–Crippen MR) is 112 cm³/mol. The zero-order valence-electron chi connectivity index (χ0n) is 16.5. The van der Waals surface area contributed by atoms with Gasteiger partial charge in [-0.2, -0.15) is 4.31 Å². The SMILES string of the molecule is Cc1ccc(C)c(NC(=O)CN(C2CCCCC2)S(=O)(=O)c2ccccc2)c1. The summed E-state index contributed by atoms with van der Waals surface area (Å²) in [6, 6.07) is 14.1. The summed E-state index contributed by atoms with van der Waals surface area (Å²) in [6.45, 7) is 3.72. The summed E-state index contributed by atoms with van der Waals surface area (Å²) in [6.07, 6.45) is 4.68. The molecule has 0 aromatic heterocycles. The van der Waals surface area contributed by atoms with Crippen molar-refractivity contribution in [1.82, 2.24) is 4.31 Å². The maximum Gasteiger partial charge on any atom is 0.243 e. The lowest BCUT2D eigenvalue weighted by molar-refractivity contribution is -0.116. The van der Waals surface area contributed by atoms with Gasteiger partial charge in [-0.25, -0.2) is 8.42 Å². The van der Waals surface area contributed by atoms with Gasteiger partial charge in [-0.15, -0.1) is 0 Å². The number of anilines is 1. The second-order valence-corrected chi connectivity index (χ2v) is 9.41. The van der Waals surface area contributed by atoms with Gasteiger partial charge >= 0.3 is 0 Å². The fraction of sp³-hybridized carbons (Fsp3) is 0.409. The highest BCUT2D eigenvalue weighted by Crippen LogP contribution is 2.28. The highest BCUT2D eigenvalue weighted by Gasteiger charge is 2.33. The first kappa shape index (κ1) is 20.6. The second kappa shape index (κ2) is 8.88. The molecule has 6 heteroatoms. The summed E-state index contributed by atoms with van der Waals surface area (Å²) in [5, 5.41) is 2.90. The molecule has 1 saturated carbocycles. The molecule has 3 rings (SSSR count). The van der Waals surface area contributed by atoms with Crippen LogP contribution >= 0.6 is 0 Å². The van der Waals surface area contributed by atoms with E-state index >= 15 is 0 Å².